The third-order valence-corrected chi connectivity index (χ3v) is 6.66. The van der Waals surface area contributed by atoms with Gasteiger partial charge in [0.05, 0.1) is 11.8 Å². The Morgan fingerprint density at radius 1 is 1.03 bits per heavy atom. The Kier molecular flexibility index (Phi) is 6.19. The van der Waals surface area contributed by atoms with Crippen molar-refractivity contribution in [1.29, 1.82) is 0 Å². The molecule has 9 heteroatoms. The van der Waals surface area contributed by atoms with Crippen molar-refractivity contribution < 1.29 is 9.90 Å². The summed E-state index contributed by atoms with van der Waals surface area (Å²) in [6, 6.07) is 10.3. The maximum absolute atomic E-state index is 12.8. The van der Waals surface area contributed by atoms with Crippen molar-refractivity contribution in [3.63, 3.8) is 0 Å². The van der Waals surface area contributed by atoms with Gasteiger partial charge in [-0.15, -0.1) is 0 Å². The summed E-state index contributed by atoms with van der Waals surface area (Å²) >= 11 is 0. The van der Waals surface area contributed by atoms with Crippen LogP contribution in [0, 0.1) is 13.8 Å². The molecule has 1 amide bonds. The molecule has 1 atom stereocenters. The number of aliphatic hydroxyl groups is 1. The number of aromatic nitrogens is 4. The van der Waals surface area contributed by atoms with Gasteiger partial charge in [-0.3, -0.25) is 9.48 Å². The average molecular weight is 462 g/mol. The van der Waals surface area contributed by atoms with E-state index in [-0.39, 0.29) is 18.6 Å². The highest BCUT2D eigenvalue weighted by Gasteiger charge is 2.25. The molecule has 178 valence electrons. The van der Waals surface area contributed by atoms with Gasteiger partial charge in [0.15, 0.2) is 0 Å². The smallest absolute Gasteiger partial charge is 0.244 e. The van der Waals surface area contributed by atoms with E-state index in [0.29, 0.717) is 25.6 Å². The van der Waals surface area contributed by atoms with Crippen LogP contribution in [0.4, 0.5) is 11.6 Å². The van der Waals surface area contributed by atoms with Gasteiger partial charge in [0.2, 0.25) is 11.9 Å². The number of amides is 1. The molecule has 1 unspecified atom stereocenters. The minimum absolute atomic E-state index is 0.107. The summed E-state index contributed by atoms with van der Waals surface area (Å²) in [7, 11) is 0. The van der Waals surface area contributed by atoms with Gasteiger partial charge in [0.1, 0.15) is 6.54 Å². The predicted molar refractivity (Wildman–Crippen MR) is 131 cm³/mol. The SMILES string of the molecule is Cc1cc(C)n(CC(=O)N2CCN(c3ccccc3-c3cnc(N4CCC(O)C4)nc3)CC2)n1. The number of hydrogen-bond donors (Lipinski definition) is 1. The van der Waals surface area contributed by atoms with Crippen LogP contribution in [0.2, 0.25) is 0 Å². The first kappa shape index (κ1) is 22.3. The van der Waals surface area contributed by atoms with E-state index in [4.69, 9.17) is 0 Å². The molecule has 0 saturated carbocycles. The van der Waals surface area contributed by atoms with Gasteiger partial charge in [0.25, 0.3) is 0 Å². The average Bonchev–Trinajstić information content (AvgIpc) is 3.43. The number of rotatable bonds is 5. The summed E-state index contributed by atoms with van der Waals surface area (Å²) < 4.78 is 1.78. The first-order chi connectivity index (χ1) is 16.5. The second-order valence-electron chi connectivity index (χ2n) is 9.13. The number of benzene rings is 1. The maximum atomic E-state index is 12.8. The number of carbonyl (C=O) groups excluding carboxylic acids is 1. The lowest BCUT2D eigenvalue weighted by Crippen LogP contribution is -2.49. The van der Waals surface area contributed by atoms with Gasteiger partial charge in [-0.25, -0.2) is 9.97 Å². The Morgan fingerprint density at radius 2 is 1.76 bits per heavy atom. The molecule has 5 rings (SSSR count). The van der Waals surface area contributed by atoms with Crippen LogP contribution in [0.1, 0.15) is 17.8 Å². The topological polar surface area (TPSA) is 90.6 Å². The van der Waals surface area contributed by atoms with Crippen molar-refractivity contribution in [3.8, 4) is 11.1 Å². The molecule has 3 aromatic rings. The highest BCUT2D eigenvalue weighted by Crippen LogP contribution is 2.31. The molecule has 0 spiro atoms. The fourth-order valence-electron chi connectivity index (χ4n) is 4.80. The van der Waals surface area contributed by atoms with Gasteiger partial charge in [-0.1, -0.05) is 18.2 Å². The minimum Gasteiger partial charge on any atom is -0.391 e. The van der Waals surface area contributed by atoms with Gasteiger partial charge >= 0.3 is 0 Å². The number of piperazine rings is 1. The molecule has 1 N–H and O–H groups in total. The molecular formula is C25H31N7O2. The van der Waals surface area contributed by atoms with E-state index < -0.39 is 0 Å². The molecule has 2 saturated heterocycles. The molecule has 2 aliphatic rings. The molecular weight excluding hydrogens is 430 g/mol. The van der Waals surface area contributed by atoms with E-state index >= 15 is 0 Å². The fraction of sp³-hybridized carbons (Fsp3) is 0.440. The summed E-state index contributed by atoms with van der Waals surface area (Å²) in [5.74, 6) is 0.766. The van der Waals surface area contributed by atoms with Gasteiger partial charge in [0, 0.05) is 74.2 Å². The summed E-state index contributed by atoms with van der Waals surface area (Å²) in [5.41, 5.74) is 5.11. The van der Waals surface area contributed by atoms with E-state index in [1.165, 1.54) is 0 Å². The van der Waals surface area contributed by atoms with E-state index in [9.17, 15) is 9.90 Å². The summed E-state index contributed by atoms with van der Waals surface area (Å²) in [4.78, 5) is 28.2. The molecule has 1 aromatic carbocycles. The Balaban J connectivity index is 1.25. The summed E-state index contributed by atoms with van der Waals surface area (Å²) in [6.45, 7) is 8.46. The Labute approximate surface area is 199 Å². The normalized spacial score (nSPS) is 18.6. The zero-order chi connectivity index (χ0) is 23.7. The van der Waals surface area contributed by atoms with Crippen LogP contribution in [-0.4, -0.2) is 81.0 Å². The first-order valence-corrected chi connectivity index (χ1v) is 11.9. The van der Waals surface area contributed by atoms with E-state index in [0.717, 1.165) is 54.3 Å². The van der Waals surface area contributed by atoms with Crippen LogP contribution in [0.25, 0.3) is 11.1 Å². The van der Waals surface area contributed by atoms with Crippen molar-refractivity contribution in [1.82, 2.24) is 24.6 Å². The van der Waals surface area contributed by atoms with Crippen molar-refractivity contribution in [2.24, 2.45) is 0 Å². The van der Waals surface area contributed by atoms with E-state index in [1.807, 2.05) is 54.2 Å². The lowest BCUT2D eigenvalue weighted by molar-refractivity contribution is -0.132. The number of β-amino-alcohol motifs (C(OH)–C–C–N with tert-alkyl or cyclic N) is 1. The molecule has 2 fully saturated rings. The van der Waals surface area contributed by atoms with Crippen LogP contribution in [-0.2, 0) is 11.3 Å². The highest BCUT2D eigenvalue weighted by molar-refractivity contribution is 5.79. The van der Waals surface area contributed by atoms with Gasteiger partial charge < -0.3 is 19.8 Å². The zero-order valence-electron chi connectivity index (χ0n) is 19.8. The van der Waals surface area contributed by atoms with Crippen LogP contribution < -0.4 is 9.80 Å². The zero-order valence-corrected chi connectivity index (χ0v) is 19.8. The van der Waals surface area contributed by atoms with Crippen molar-refractivity contribution in [3.05, 3.63) is 54.1 Å². The first-order valence-electron chi connectivity index (χ1n) is 11.9. The van der Waals surface area contributed by atoms with Crippen LogP contribution in [0.5, 0.6) is 0 Å². The van der Waals surface area contributed by atoms with Gasteiger partial charge in [-0.05, 0) is 32.4 Å². The number of anilines is 2. The molecule has 0 aliphatic carbocycles. The number of nitrogens with zero attached hydrogens (tertiary/aromatic N) is 7. The van der Waals surface area contributed by atoms with Gasteiger partial charge in [-0.2, -0.15) is 5.10 Å². The molecule has 0 radical (unpaired) electrons. The minimum atomic E-state index is -0.303. The third-order valence-electron chi connectivity index (χ3n) is 6.66. The highest BCUT2D eigenvalue weighted by atomic mass is 16.3. The lowest BCUT2D eigenvalue weighted by atomic mass is 10.1. The second-order valence-corrected chi connectivity index (χ2v) is 9.13. The number of carbonyl (C=O) groups is 1. The van der Waals surface area contributed by atoms with Crippen LogP contribution in [0.3, 0.4) is 0 Å². The third kappa shape index (κ3) is 4.61. The fourth-order valence-corrected chi connectivity index (χ4v) is 4.80. The number of aliphatic hydroxyl groups excluding tert-OH is 1. The molecule has 9 nitrogen and oxygen atoms in total. The number of aryl methyl sites for hydroxylation is 2. The van der Waals surface area contributed by atoms with Crippen molar-refractivity contribution in [2.45, 2.75) is 32.9 Å². The predicted octanol–water partition coefficient (Wildman–Crippen LogP) is 1.88. The number of hydrogen-bond acceptors (Lipinski definition) is 7. The molecule has 2 aliphatic heterocycles. The van der Waals surface area contributed by atoms with Crippen LogP contribution in [0.15, 0.2) is 42.7 Å². The Hall–Kier alpha value is -3.46. The molecule has 2 aromatic heterocycles. The molecule has 34 heavy (non-hydrogen) atoms. The molecule has 0 bridgehead atoms. The van der Waals surface area contributed by atoms with E-state index in [2.05, 4.69) is 32.1 Å². The Bertz CT molecular complexity index is 1150. The van der Waals surface area contributed by atoms with Crippen LogP contribution >= 0.6 is 0 Å². The van der Waals surface area contributed by atoms with E-state index in [1.54, 1.807) is 4.68 Å². The largest absolute Gasteiger partial charge is 0.391 e. The van der Waals surface area contributed by atoms with Crippen molar-refractivity contribution in [2.75, 3.05) is 49.1 Å². The summed E-state index contributed by atoms with van der Waals surface area (Å²) in [5, 5.41) is 14.2. The number of para-hydroxylation sites is 1. The quantitative estimate of drug-likeness (QED) is 0.620. The Morgan fingerprint density at radius 3 is 2.41 bits per heavy atom. The maximum Gasteiger partial charge on any atom is 0.244 e. The summed E-state index contributed by atoms with van der Waals surface area (Å²) in [6.07, 6.45) is 4.17. The standard InChI is InChI=1S/C25H31N7O2/c1-18-13-19(2)32(28-18)17-24(34)30-11-9-29(10-12-30)23-6-4-3-5-22(23)20-14-26-25(27-15-20)31-8-7-21(33)16-31/h3-6,13-15,21,33H,7-12,16-17H2,1-2H3. The van der Waals surface area contributed by atoms with Crippen molar-refractivity contribution >= 4 is 17.5 Å². The molecule has 4 heterocycles. The lowest BCUT2D eigenvalue weighted by Gasteiger charge is -2.37. The monoisotopic (exact) mass is 461 g/mol. The second kappa shape index (κ2) is 9.42.